The molecule has 16 heavy (non-hydrogen) atoms. The maximum atomic E-state index is 11.9. The van der Waals surface area contributed by atoms with E-state index in [9.17, 15) is 4.39 Å². The van der Waals surface area contributed by atoms with Crippen molar-refractivity contribution in [1.29, 1.82) is 0 Å². The van der Waals surface area contributed by atoms with Crippen LogP contribution in [0.2, 0.25) is 0 Å². The molecule has 86 valence electrons. The number of hydrogen-bond acceptors (Lipinski definition) is 4. The Kier molecular flexibility index (Phi) is 4.44. The molecule has 0 amide bonds. The molecule has 0 aliphatic rings. The third-order valence-corrected chi connectivity index (χ3v) is 4.01. The zero-order valence-corrected chi connectivity index (χ0v) is 10.4. The zero-order valence-electron chi connectivity index (χ0n) is 8.78. The van der Waals surface area contributed by atoms with E-state index in [0.29, 0.717) is 13.0 Å². The quantitative estimate of drug-likeness (QED) is 0.802. The van der Waals surface area contributed by atoms with Gasteiger partial charge in [-0.1, -0.05) is 6.07 Å². The predicted octanol–water partition coefficient (Wildman–Crippen LogP) is 3.32. The van der Waals surface area contributed by atoms with Gasteiger partial charge in [0.15, 0.2) is 0 Å². The van der Waals surface area contributed by atoms with Crippen LogP contribution in [0.5, 0.6) is 0 Å². The molecule has 2 nitrogen and oxygen atoms in total. The van der Waals surface area contributed by atoms with E-state index in [4.69, 9.17) is 0 Å². The number of halogens is 1. The molecule has 2 heterocycles. The lowest BCUT2D eigenvalue weighted by Gasteiger charge is -1.98. The normalized spacial score (nSPS) is 10.8. The summed E-state index contributed by atoms with van der Waals surface area (Å²) in [5, 5.41) is 8.34. The Labute approximate surface area is 102 Å². The molecule has 0 fully saturated rings. The first-order valence-corrected chi connectivity index (χ1v) is 6.91. The van der Waals surface area contributed by atoms with Crippen LogP contribution >= 0.6 is 22.7 Å². The Morgan fingerprint density at radius 3 is 3.06 bits per heavy atom. The topological polar surface area (TPSA) is 24.9 Å². The van der Waals surface area contributed by atoms with Crippen molar-refractivity contribution >= 4 is 22.7 Å². The minimum atomic E-state index is -0.259. The highest BCUT2D eigenvalue weighted by Gasteiger charge is 2.04. The van der Waals surface area contributed by atoms with Gasteiger partial charge in [0.25, 0.3) is 0 Å². The molecule has 0 aliphatic heterocycles. The molecule has 0 saturated carbocycles. The molecule has 0 spiro atoms. The third kappa shape index (κ3) is 3.10. The van der Waals surface area contributed by atoms with E-state index < -0.39 is 0 Å². The molecular weight excluding hydrogens is 243 g/mol. The molecule has 2 aromatic rings. The molecule has 0 radical (unpaired) electrons. The minimum Gasteiger partial charge on any atom is -0.311 e. The summed E-state index contributed by atoms with van der Waals surface area (Å²) in [4.78, 5) is 5.73. The van der Waals surface area contributed by atoms with E-state index in [1.54, 1.807) is 22.7 Å². The van der Waals surface area contributed by atoms with Gasteiger partial charge in [-0.05, 0) is 24.4 Å². The van der Waals surface area contributed by atoms with Crippen molar-refractivity contribution < 1.29 is 4.39 Å². The average molecular weight is 256 g/mol. The minimum absolute atomic E-state index is 0.259. The smallest absolute Gasteiger partial charge is 0.133 e. The van der Waals surface area contributed by atoms with E-state index in [1.807, 2.05) is 6.07 Å². The summed E-state index contributed by atoms with van der Waals surface area (Å²) in [6, 6.07) is 4.10. The highest BCUT2D eigenvalue weighted by molar-refractivity contribution is 7.20. The standard InChI is InChI=1S/C11H13FN2S2/c12-4-2-5-13-7-9-8-16-11(14-9)10-3-1-6-15-10/h1,3,6,8,13H,2,4-5,7H2. The molecule has 0 unspecified atom stereocenters. The van der Waals surface area contributed by atoms with Crippen LogP contribution in [0.4, 0.5) is 4.39 Å². The van der Waals surface area contributed by atoms with Gasteiger partial charge in [0.2, 0.25) is 0 Å². The lowest BCUT2D eigenvalue weighted by molar-refractivity contribution is 0.458. The van der Waals surface area contributed by atoms with Gasteiger partial charge < -0.3 is 5.32 Å². The van der Waals surface area contributed by atoms with E-state index in [0.717, 1.165) is 17.2 Å². The molecule has 5 heteroatoms. The molecule has 0 atom stereocenters. The summed E-state index contributed by atoms with van der Waals surface area (Å²) in [6.45, 7) is 1.18. The molecule has 0 bridgehead atoms. The summed E-state index contributed by atoms with van der Waals surface area (Å²) >= 11 is 3.36. The Hall–Kier alpha value is -0.780. The molecular formula is C11H13FN2S2. The van der Waals surface area contributed by atoms with Crippen LogP contribution in [0.3, 0.4) is 0 Å². The Morgan fingerprint density at radius 1 is 1.38 bits per heavy atom. The van der Waals surface area contributed by atoms with Crippen LogP contribution in [0.15, 0.2) is 22.9 Å². The fraction of sp³-hybridized carbons (Fsp3) is 0.364. The highest BCUT2D eigenvalue weighted by atomic mass is 32.1. The second-order valence-corrected chi connectivity index (χ2v) is 5.15. The first-order valence-electron chi connectivity index (χ1n) is 5.15. The second-order valence-electron chi connectivity index (χ2n) is 3.34. The van der Waals surface area contributed by atoms with Crippen molar-refractivity contribution in [3.8, 4) is 9.88 Å². The number of aromatic nitrogens is 1. The molecule has 2 aromatic heterocycles. The summed E-state index contributed by atoms with van der Waals surface area (Å²) in [5.74, 6) is 0. The van der Waals surface area contributed by atoms with Crippen LogP contribution in [-0.4, -0.2) is 18.2 Å². The number of alkyl halides is 1. The van der Waals surface area contributed by atoms with Gasteiger partial charge in [-0.3, -0.25) is 4.39 Å². The number of rotatable bonds is 6. The van der Waals surface area contributed by atoms with E-state index in [2.05, 4.69) is 27.1 Å². The average Bonchev–Trinajstić information content (AvgIpc) is 2.94. The number of thiophene rings is 1. The van der Waals surface area contributed by atoms with Gasteiger partial charge in [-0.2, -0.15) is 0 Å². The zero-order chi connectivity index (χ0) is 11.2. The third-order valence-electron chi connectivity index (χ3n) is 2.08. The van der Waals surface area contributed by atoms with Gasteiger partial charge in [0.1, 0.15) is 5.01 Å². The molecule has 0 aromatic carbocycles. The monoisotopic (exact) mass is 256 g/mol. The van der Waals surface area contributed by atoms with Crippen molar-refractivity contribution in [2.45, 2.75) is 13.0 Å². The van der Waals surface area contributed by atoms with Crippen molar-refractivity contribution in [3.05, 3.63) is 28.6 Å². The van der Waals surface area contributed by atoms with Crippen molar-refractivity contribution in [3.63, 3.8) is 0 Å². The fourth-order valence-electron chi connectivity index (χ4n) is 1.31. The lowest BCUT2D eigenvalue weighted by Crippen LogP contribution is -2.15. The van der Waals surface area contributed by atoms with E-state index in [1.165, 1.54) is 4.88 Å². The van der Waals surface area contributed by atoms with Crippen LogP contribution in [0.1, 0.15) is 12.1 Å². The maximum absolute atomic E-state index is 11.9. The van der Waals surface area contributed by atoms with Gasteiger partial charge in [-0.15, -0.1) is 22.7 Å². The van der Waals surface area contributed by atoms with E-state index in [-0.39, 0.29) is 6.67 Å². The summed E-state index contributed by atoms with van der Waals surface area (Å²) < 4.78 is 11.9. The van der Waals surface area contributed by atoms with Crippen molar-refractivity contribution in [1.82, 2.24) is 10.3 Å². The van der Waals surface area contributed by atoms with Crippen LogP contribution in [0, 0.1) is 0 Å². The van der Waals surface area contributed by atoms with Gasteiger partial charge in [0, 0.05) is 11.9 Å². The first-order chi connectivity index (χ1) is 7.90. The molecule has 0 saturated heterocycles. The Morgan fingerprint density at radius 2 is 2.31 bits per heavy atom. The van der Waals surface area contributed by atoms with Gasteiger partial charge in [-0.25, -0.2) is 4.98 Å². The predicted molar refractivity (Wildman–Crippen MR) is 67.7 cm³/mol. The first kappa shape index (κ1) is 11.7. The fourth-order valence-corrected chi connectivity index (χ4v) is 2.94. The Balaban J connectivity index is 1.88. The van der Waals surface area contributed by atoms with E-state index >= 15 is 0 Å². The Bertz CT molecular complexity index is 411. The number of thiazole rings is 1. The maximum Gasteiger partial charge on any atom is 0.133 e. The number of nitrogens with one attached hydrogen (secondary N) is 1. The molecule has 0 aliphatic carbocycles. The summed E-state index contributed by atoms with van der Waals surface area (Å²) in [6.07, 6.45) is 0.571. The number of nitrogens with zero attached hydrogens (tertiary/aromatic N) is 1. The SMILES string of the molecule is FCCCNCc1csc(-c2cccs2)n1. The largest absolute Gasteiger partial charge is 0.311 e. The highest BCUT2D eigenvalue weighted by Crippen LogP contribution is 2.27. The van der Waals surface area contributed by atoms with Crippen LogP contribution in [-0.2, 0) is 6.54 Å². The van der Waals surface area contributed by atoms with Crippen molar-refractivity contribution in [2.24, 2.45) is 0 Å². The second kappa shape index (κ2) is 6.08. The summed E-state index contributed by atoms with van der Waals surface area (Å²) in [5.41, 5.74) is 1.03. The van der Waals surface area contributed by atoms with Crippen LogP contribution in [0.25, 0.3) is 9.88 Å². The van der Waals surface area contributed by atoms with Gasteiger partial charge >= 0.3 is 0 Å². The van der Waals surface area contributed by atoms with Crippen LogP contribution < -0.4 is 5.32 Å². The van der Waals surface area contributed by atoms with Crippen molar-refractivity contribution in [2.75, 3.05) is 13.2 Å². The number of hydrogen-bond donors (Lipinski definition) is 1. The molecule has 1 N–H and O–H groups in total. The summed E-state index contributed by atoms with van der Waals surface area (Å²) in [7, 11) is 0. The van der Waals surface area contributed by atoms with Gasteiger partial charge in [0.05, 0.1) is 17.2 Å². The molecule has 2 rings (SSSR count). The lowest BCUT2D eigenvalue weighted by atomic mass is 10.4.